The lowest BCUT2D eigenvalue weighted by atomic mass is 10.1. The second-order valence-corrected chi connectivity index (χ2v) is 4.73. The summed E-state index contributed by atoms with van der Waals surface area (Å²) in [4.78, 5) is 11.8. The Morgan fingerprint density at radius 1 is 1.50 bits per heavy atom. The minimum absolute atomic E-state index is 0.0752. The highest BCUT2D eigenvalue weighted by molar-refractivity contribution is 6.30. The maximum atomic E-state index is 11.8. The monoisotopic (exact) mass is 237 g/mol. The molecule has 16 heavy (non-hydrogen) atoms. The Morgan fingerprint density at radius 3 is 2.75 bits per heavy atom. The molecule has 1 N–H and O–H groups in total. The van der Waals surface area contributed by atoms with E-state index in [4.69, 9.17) is 11.6 Å². The summed E-state index contributed by atoms with van der Waals surface area (Å²) in [7, 11) is 0. The molecule has 0 bridgehead atoms. The van der Waals surface area contributed by atoms with Gasteiger partial charge in [0.05, 0.1) is 0 Å². The molecule has 3 atom stereocenters. The third kappa shape index (κ3) is 2.56. The topological polar surface area (TPSA) is 29.1 Å². The van der Waals surface area contributed by atoms with E-state index in [1.165, 1.54) is 0 Å². The van der Waals surface area contributed by atoms with Crippen LogP contribution in [0.4, 0.5) is 0 Å². The van der Waals surface area contributed by atoms with Crippen LogP contribution in [-0.2, 0) is 4.79 Å². The van der Waals surface area contributed by atoms with Gasteiger partial charge in [0.15, 0.2) is 0 Å². The summed E-state index contributed by atoms with van der Waals surface area (Å²) >= 11 is 6.11. The molecule has 1 aromatic carbocycles. The SMILES string of the molecule is CCC1CC1NC(=O)C(Cl)c1ccccc1. The van der Waals surface area contributed by atoms with Gasteiger partial charge in [-0.15, -0.1) is 11.6 Å². The molecule has 3 unspecified atom stereocenters. The van der Waals surface area contributed by atoms with Gasteiger partial charge in [0.1, 0.15) is 5.38 Å². The highest BCUT2D eigenvalue weighted by Gasteiger charge is 2.37. The maximum absolute atomic E-state index is 11.8. The van der Waals surface area contributed by atoms with Crippen molar-refractivity contribution in [2.75, 3.05) is 0 Å². The first kappa shape index (κ1) is 11.5. The van der Waals surface area contributed by atoms with Gasteiger partial charge in [-0.05, 0) is 17.9 Å². The molecule has 0 aliphatic heterocycles. The van der Waals surface area contributed by atoms with Crippen molar-refractivity contribution in [3.8, 4) is 0 Å². The molecule has 1 aromatic rings. The van der Waals surface area contributed by atoms with Gasteiger partial charge in [0, 0.05) is 6.04 Å². The number of benzene rings is 1. The van der Waals surface area contributed by atoms with Crippen molar-refractivity contribution >= 4 is 17.5 Å². The summed E-state index contributed by atoms with van der Waals surface area (Å²) < 4.78 is 0. The minimum atomic E-state index is -0.570. The summed E-state index contributed by atoms with van der Waals surface area (Å²) in [5.74, 6) is 0.581. The van der Waals surface area contributed by atoms with Gasteiger partial charge in [0.2, 0.25) is 5.91 Å². The molecule has 2 rings (SSSR count). The lowest BCUT2D eigenvalue weighted by molar-refractivity contribution is -0.121. The van der Waals surface area contributed by atoms with Gasteiger partial charge in [-0.25, -0.2) is 0 Å². The molecule has 3 heteroatoms. The Kier molecular flexibility index (Phi) is 3.49. The quantitative estimate of drug-likeness (QED) is 0.802. The molecular formula is C13H16ClNO. The summed E-state index contributed by atoms with van der Waals surface area (Å²) in [6, 6.07) is 9.80. The van der Waals surface area contributed by atoms with E-state index in [0.29, 0.717) is 12.0 Å². The molecular weight excluding hydrogens is 222 g/mol. The average Bonchev–Trinajstić information content (AvgIpc) is 3.07. The Morgan fingerprint density at radius 2 is 2.19 bits per heavy atom. The number of carbonyl (C=O) groups is 1. The maximum Gasteiger partial charge on any atom is 0.242 e. The number of rotatable bonds is 4. The van der Waals surface area contributed by atoms with Crippen LogP contribution in [0.3, 0.4) is 0 Å². The Balaban J connectivity index is 1.90. The molecule has 1 amide bonds. The van der Waals surface area contributed by atoms with E-state index in [2.05, 4.69) is 12.2 Å². The first-order valence-electron chi connectivity index (χ1n) is 5.71. The van der Waals surface area contributed by atoms with Crippen molar-refractivity contribution in [1.82, 2.24) is 5.32 Å². The van der Waals surface area contributed by atoms with Gasteiger partial charge in [-0.3, -0.25) is 4.79 Å². The van der Waals surface area contributed by atoms with Crippen LogP contribution in [-0.4, -0.2) is 11.9 Å². The number of halogens is 1. The van der Waals surface area contributed by atoms with E-state index in [1.54, 1.807) is 0 Å². The van der Waals surface area contributed by atoms with E-state index in [0.717, 1.165) is 18.4 Å². The molecule has 1 aliphatic carbocycles. The van der Waals surface area contributed by atoms with E-state index in [1.807, 2.05) is 30.3 Å². The van der Waals surface area contributed by atoms with Crippen LogP contribution in [0.1, 0.15) is 30.7 Å². The molecule has 86 valence electrons. The summed E-state index contributed by atoms with van der Waals surface area (Å²) in [6.07, 6.45) is 2.23. The van der Waals surface area contributed by atoms with Gasteiger partial charge < -0.3 is 5.32 Å². The smallest absolute Gasteiger partial charge is 0.242 e. The molecule has 0 aromatic heterocycles. The normalized spacial score (nSPS) is 24.9. The number of hydrogen-bond donors (Lipinski definition) is 1. The number of hydrogen-bond acceptors (Lipinski definition) is 1. The van der Waals surface area contributed by atoms with Crippen LogP contribution in [0.2, 0.25) is 0 Å². The molecule has 1 aliphatic rings. The van der Waals surface area contributed by atoms with E-state index >= 15 is 0 Å². The Labute approximate surface area is 101 Å². The Hall–Kier alpha value is -1.02. The fraction of sp³-hybridized carbons (Fsp3) is 0.462. The first-order chi connectivity index (χ1) is 7.72. The van der Waals surface area contributed by atoms with Crippen LogP contribution in [0.5, 0.6) is 0 Å². The number of amides is 1. The Bertz CT molecular complexity index is 365. The van der Waals surface area contributed by atoms with Crippen molar-refractivity contribution < 1.29 is 4.79 Å². The highest BCUT2D eigenvalue weighted by Crippen LogP contribution is 2.34. The largest absolute Gasteiger partial charge is 0.351 e. The van der Waals surface area contributed by atoms with E-state index < -0.39 is 5.38 Å². The fourth-order valence-corrected chi connectivity index (χ4v) is 2.11. The van der Waals surface area contributed by atoms with Crippen molar-refractivity contribution in [3.05, 3.63) is 35.9 Å². The molecule has 0 saturated heterocycles. The number of carbonyl (C=O) groups excluding carboxylic acids is 1. The van der Waals surface area contributed by atoms with Crippen LogP contribution in [0.25, 0.3) is 0 Å². The third-order valence-electron chi connectivity index (χ3n) is 3.10. The summed E-state index contributed by atoms with van der Waals surface area (Å²) in [5, 5.41) is 2.41. The lowest BCUT2D eigenvalue weighted by Gasteiger charge is -2.10. The third-order valence-corrected chi connectivity index (χ3v) is 3.55. The van der Waals surface area contributed by atoms with Gasteiger partial charge >= 0.3 is 0 Å². The zero-order valence-electron chi connectivity index (χ0n) is 9.32. The second-order valence-electron chi connectivity index (χ2n) is 4.29. The van der Waals surface area contributed by atoms with Crippen LogP contribution < -0.4 is 5.32 Å². The zero-order valence-corrected chi connectivity index (χ0v) is 10.1. The molecule has 0 heterocycles. The van der Waals surface area contributed by atoms with E-state index in [9.17, 15) is 4.79 Å². The van der Waals surface area contributed by atoms with Crippen molar-refractivity contribution in [2.45, 2.75) is 31.2 Å². The number of nitrogens with one attached hydrogen (secondary N) is 1. The van der Waals surface area contributed by atoms with Crippen LogP contribution in [0.15, 0.2) is 30.3 Å². The predicted molar refractivity (Wildman–Crippen MR) is 65.4 cm³/mol. The molecule has 2 nitrogen and oxygen atoms in total. The van der Waals surface area contributed by atoms with Crippen molar-refractivity contribution in [3.63, 3.8) is 0 Å². The standard InChI is InChI=1S/C13H16ClNO/c1-2-9-8-11(9)15-13(16)12(14)10-6-4-3-5-7-10/h3-7,9,11-12H,2,8H2,1H3,(H,15,16). The summed E-state index contributed by atoms with van der Waals surface area (Å²) in [5.41, 5.74) is 0.857. The number of alkyl halides is 1. The van der Waals surface area contributed by atoms with E-state index in [-0.39, 0.29) is 5.91 Å². The fourth-order valence-electron chi connectivity index (χ4n) is 1.90. The predicted octanol–water partition coefficient (Wildman–Crippen LogP) is 2.88. The average molecular weight is 238 g/mol. The first-order valence-corrected chi connectivity index (χ1v) is 6.15. The molecule has 0 spiro atoms. The van der Waals surface area contributed by atoms with Gasteiger partial charge in [0.25, 0.3) is 0 Å². The summed E-state index contributed by atoms with van der Waals surface area (Å²) in [6.45, 7) is 2.15. The van der Waals surface area contributed by atoms with Gasteiger partial charge in [-0.1, -0.05) is 43.7 Å². The highest BCUT2D eigenvalue weighted by atomic mass is 35.5. The second kappa shape index (κ2) is 4.88. The van der Waals surface area contributed by atoms with Crippen molar-refractivity contribution in [1.29, 1.82) is 0 Å². The van der Waals surface area contributed by atoms with Crippen molar-refractivity contribution in [2.24, 2.45) is 5.92 Å². The van der Waals surface area contributed by atoms with Crippen LogP contribution >= 0.6 is 11.6 Å². The molecule has 0 radical (unpaired) electrons. The lowest BCUT2D eigenvalue weighted by Crippen LogP contribution is -2.29. The van der Waals surface area contributed by atoms with Crippen LogP contribution in [0, 0.1) is 5.92 Å². The molecule has 1 fully saturated rings. The minimum Gasteiger partial charge on any atom is -0.351 e. The van der Waals surface area contributed by atoms with Gasteiger partial charge in [-0.2, -0.15) is 0 Å². The zero-order chi connectivity index (χ0) is 11.5. The molecule has 1 saturated carbocycles.